The average molecular weight is 451 g/mol. The number of hydrogen-bond acceptors (Lipinski definition) is 5. The Morgan fingerprint density at radius 2 is 1.43 bits per heavy atom. The maximum absolute atomic E-state index is 12.0. The van der Waals surface area contributed by atoms with Gasteiger partial charge in [0.1, 0.15) is 0 Å². The van der Waals surface area contributed by atoms with Crippen LogP contribution in [0.5, 0.6) is 0 Å². The van der Waals surface area contributed by atoms with E-state index in [1.807, 2.05) is 6.92 Å². The predicted molar refractivity (Wildman–Crippen MR) is 115 cm³/mol. The standard InChI is InChI=1S/C5H2FNS.C5H5FS.C5H2N2O2S.CH4.Al.Li.4H/c1-7-5-3-2-4(6)8-5;1-4-2-3-5(6)7-4;1-6-4-2-3-5(10-4)7(8)9;;;;;;;/h2-3H;2-3H,1H3;2-3H;1H4;;;;;;/q;;;;;+1;;;;-1. The molecule has 0 unspecified atom stereocenters. The molecule has 0 fully saturated rings. The van der Waals surface area contributed by atoms with Gasteiger partial charge >= 0.3 is 23.9 Å². The molecule has 0 N–H and O–H groups in total. The Bertz CT molecular complexity index is 922. The molecule has 0 spiro atoms. The van der Waals surface area contributed by atoms with Crippen LogP contribution in [0.25, 0.3) is 9.69 Å². The molecule has 0 aromatic carbocycles. The topological polar surface area (TPSA) is 51.9 Å². The summed E-state index contributed by atoms with van der Waals surface area (Å²) < 4.78 is 23.9. The van der Waals surface area contributed by atoms with E-state index in [4.69, 9.17) is 13.1 Å². The Balaban J connectivity index is -0.000000153. The number of hydrogen-bond donors (Lipinski definition) is 0. The molecular weight excluding hydrogens is 434 g/mol. The quantitative estimate of drug-likeness (QED) is 0.247. The van der Waals surface area contributed by atoms with E-state index in [1.54, 1.807) is 6.07 Å². The first-order valence-corrected chi connectivity index (χ1v) is 8.77. The molecule has 0 atom stereocenters. The number of rotatable bonds is 1. The summed E-state index contributed by atoms with van der Waals surface area (Å²) in [5.74, 6) is 0. The minimum atomic E-state index is -0.501. The summed E-state index contributed by atoms with van der Waals surface area (Å²) in [6.07, 6.45) is 0. The average Bonchev–Trinajstić information content (AvgIpc) is 3.30. The molecule has 0 saturated heterocycles. The number of nitrogens with zero attached hydrogens (tertiary/aromatic N) is 3. The van der Waals surface area contributed by atoms with Crippen molar-refractivity contribution >= 4 is 66.4 Å². The zero-order valence-electron chi connectivity index (χ0n) is 14.6. The Morgan fingerprint density at radius 1 is 0.964 bits per heavy atom. The Labute approximate surface area is 198 Å². The van der Waals surface area contributed by atoms with Crippen molar-refractivity contribution in [1.82, 2.24) is 0 Å². The van der Waals surface area contributed by atoms with Gasteiger partial charge in [0.25, 0.3) is 0 Å². The van der Waals surface area contributed by atoms with E-state index in [0.29, 0.717) is 10.0 Å². The van der Waals surface area contributed by atoms with Crippen LogP contribution < -0.4 is 18.9 Å². The van der Waals surface area contributed by atoms with Crippen LogP contribution >= 0.6 is 34.0 Å². The predicted octanol–water partition coefficient (Wildman–Crippen LogP) is 3.41. The minimum absolute atomic E-state index is 0. The molecule has 0 radical (unpaired) electrons. The first-order valence-electron chi connectivity index (χ1n) is 6.32. The van der Waals surface area contributed by atoms with E-state index in [-0.39, 0.29) is 60.3 Å². The molecule has 0 aliphatic carbocycles. The largest absolute Gasteiger partial charge is 1.00 e. The Hall–Kier alpha value is -1.53. The zero-order chi connectivity index (χ0) is 18.8. The second-order valence-electron chi connectivity index (χ2n) is 4.02. The third-order valence-electron chi connectivity index (χ3n) is 2.24. The van der Waals surface area contributed by atoms with E-state index in [2.05, 4.69) is 9.69 Å². The molecule has 3 aromatic heterocycles. The van der Waals surface area contributed by atoms with Crippen LogP contribution in [-0.2, 0) is 0 Å². The van der Waals surface area contributed by atoms with Gasteiger partial charge in [-0.2, -0.15) is 8.78 Å². The SMILES string of the molecule is C.Cc1ccc(F)s1.[AlH3].[C-]#[N+]c1ccc(F)s1.[C-]#[N+]c1ccc([N+](=O)[O-])s1.[H-].[Li+]. The van der Waals surface area contributed by atoms with Gasteiger partial charge < -0.3 is 1.43 Å². The van der Waals surface area contributed by atoms with E-state index >= 15 is 0 Å². The van der Waals surface area contributed by atoms with Crippen molar-refractivity contribution in [2.24, 2.45) is 0 Å². The van der Waals surface area contributed by atoms with Crippen LogP contribution in [0, 0.1) is 40.4 Å². The van der Waals surface area contributed by atoms with Crippen LogP contribution in [-0.4, -0.2) is 22.3 Å². The van der Waals surface area contributed by atoms with Crippen molar-refractivity contribution in [3.63, 3.8) is 0 Å². The van der Waals surface area contributed by atoms with Crippen LogP contribution in [0.15, 0.2) is 36.4 Å². The van der Waals surface area contributed by atoms with Crippen LogP contribution in [0.4, 0.5) is 23.8 Å². The third kappa shape index (κ3) is 12.0. The summed E-state index contributed by atoms with van der Waals surface area (Å²) in [6.45, 7) is 14.8. The van der Waals surface area contributed by atoms with Gasteiger partial charge in [-0.1, -0.05) is 18.8 Å². The molecule has 0 aliphatic rings. The summed E-state index contributed by atoms with van der Waals surface area (Å²) in [6, 6.07) is 8.76. The van der Waals surface area contributed by atoms with E-state index < -0.39 is 4.92 Å². The minimum Gasteiger partial charge on any atom is -1.00 e. The second kappa shape index (κ2) is 16.4. The fourth-order valence-corrected chi connectivity index (χ4v) is 2.95. The molecule has 0 saturated carbocycles. The molecule has 144 valence electrons. The van der Waals surface area contributed by atoms with Crippen molar-refractivity contribution in [3.05, 3.63) is 84.5 Å². The molecule has 12 heteroatoms. The normalized spacial score (nSPS) is 7.89. The van der Waals surface area contributed by atoms with Crippen LogP contribution in [0.2, 0.25) is 0 Å². The summed E-state index contributed by atoms with van der Waals surface area (Å²) in [5.41, 5.74) is 0. The van der Waals surface area contributed by atoms with Gasteiger partial charge in [0.2, 0.25) is 10.0 Å². The van der Waals surface area contributed by atoms with Crippen molar-refractivity contribution < 1.29 is 34.0 Å². The van der Waals surface area contributed by atoms with E-state index in [0.717, 1.165) is 27.6 Å². The molecule has 5 nitrogen and oxygen atoms in total. The van der Waals surface area contributed by atoms with Gasteiger partial charge in [0.15, 0.2) is 27.6 Å². The summed E-state index contributed by atoms with van der Waals surface area (Å²) in [7, 11) is 0. The first kappa shape index (κ1) is 31.2. The van der Waals surface area contributed by atoms with Gasteiger partial charge in [-0.3, -0.25) is 10.1 Å². The molecule has 28 heavy (non-hydrogen) atoms. The van der Waals surface area contributed by atoms with Gasteiger partial charge in [0.05, 0.1) is 18.1 Å². The van der Waals surface area contributed by atoms with Crippen molar-refractivity contribution in [2.45, 2.75) is 14.4 Å². The number of halogens is 2. The maximum Gasteiger partial charge on any atom is 1.00 e. The van der Waals surface area contributed by atoms with E-state index in [1.165, 1.54) is 41.7 Å². The van der Waals surface area contributed by atoms with Gasteiger partial charge in [-0.05, 0) is 37.3 Å². The van der Waals surface area contributed by atoms with E-state index in [9.17, 15) is 18.9 Å². The number of aryl methyl sites for hydroxylation is 1. The molecule has 0 amide bonds. The monoisotopic (exact) mass is 451 g/mol. The number of nitro groups is 1. The smallest absolute Gasteiger partial charge is 1.00 e. The van der Waals surface area contributed by atoms with Crippen molar-refractivity contribution in [2.75, 3.05) is 0 Å². The Kier molecular flexibility index (Phi) is 18.3. The number of thiophene rings is 3. The summed E-state index contributed by atoms with van der Waals surface area (Å²) in [5, 5.41) is 10.4. The summed E-state index contributed by atoms with van der Waals surface area (Å²) >= 11 is 2.93. The van der Waals surface area contributed by atoms with Crippen molar-refractivity contribution in [1.29, 1.82) is 0 Å². The Morgan fingerprint density at radius 3 is 1.64 bits per heavy atom. The molecule has 0 aliphatic heterocycles. The maximum atomic E-state index is 12.0. The molecule has 3 aromatic rings. The van der Waals surface area contributed by atoms with Crippen LogP contribution in [0.3, 0.4) is 0 Å². The third-order valence-corrected chi connectivity index (χ3v) is 4.73. The van der Waals surface area contributed by atoms with Crippen molar-refractivity contribution in [3.8, 4) is 0 Å². The molecule has 3 heterocycles. The second-order valence-corrected chi connectivity index (χ2v) is 7.31. The zero-order valence-corrected chi connectivity index (χ0v) is 16.1. The fraction of sp³-hybridized carbons (Fsp3) is 0.125. The molecule has 3 rings (SSSR count). The van der Waals surface area contributed by atoms with Gasteiger partial charge in [-0.25, -0.2) is 9.69 Å². The molecular formula is C16H17AlF2LiN3O2S3. The molecule has 0 bridgehead atoms. The van der Waals surface area contributed by atoms with Gasteiger partial charge in [-0.15, -0.1) is 22.7 Å². The fourth-order valence-electron chi connectivity index (χ4n) is 1.25. The van der Waals surface area contributed by atoms with Gasteiger partial charge in [0, 0.05) is 10.9 Å². The van der Waals surface area contributed by atoms with Crippen LogP contribution in [0.1, 0.15) is 13.7 Å². The first-order chi connectivity index (χ1) is 11.8. The summed E-state index contributed by atoms with van der Waals surface area (Å²) in [4.78, 5) is 16.6.